The molecule has 1 fully saturated rings. The molecule has 2 aromatic rings. The molecule has 136 valence electrons. The first-order valence-corrected chi connectivity index (χ1v) is 8.84. The van der Waals surface area contributed by atoms with Crippen molar-refractivity contribution in [3.05, 3.63) is 63.8 Å². The average molecular weight is 355 g/mol. The summed E-state index contributed by atoms with van der Waals surface area (Å²) in [5.41, 5.74) is 0.0219. The Balaban J connectivity index is 1.62. The Bertz CT molecular complexity index is 880. The minimum Gasteiger partial charge on any atom is -0.393 e. The molecule has 2 N–H and O–H groups in total. The molecule has 7 nitrogen and oxygen atoms in total. The summed E-state index contributed by atoms with van der Waals surface area (Å²) in [6.07, 6.45) is 1.11. The standard InChI is InChI=1S/C19H21N3O4/c23-14-6-7-19(11-14)18-21-15(10-16(24)22(18)8-9-26-19)17(25)20-12-13-4-2-1-3-5-13/h1-5,10,14,23H,6-9,11-12H2,(H,20,25). The van der Waals surface area contributed by atoms with E-state index in [4.69, 9.17) is 4.74 Å². The summed E-state index contributed by atoms with van der Waals surface area (Å²) < 4.78 is 7.49. The molecular formula is C19H21N3O4. The molecule has 1 saturated carbocycles. The van der Waals surface area contributed by atoms with Gasteiger partial charge in [0.15, 0.2) is 0 Å². The van der Waals surface area contributed by atoms with Crippen molar-refractivity contribution >= 4 is 5.91 Å². The van der Waals surface area contributed by atoms with Crippen molar-refractivity contribution in [2.45, 2.75) is 44.1 Å². The molecule has 1 aromatic heterocycles. The fraction of sp³-hybridized carbons (Fsp3) is 0.421. The lowest BCUT2D eigenvalue weighted by molar-refractivity contribution is -0.0847. The number of carbonyl (C=O) groups is 1. The molecule has 4 rings (SSSR count). The second-order valence-electron chi connectivity index (χ2n) is 6.86. The van der Waals surface area contributed by atoms with Crippen molar-refractivity contribution in [2.24, 2.45) is 0 Å². The Morgan fingerprint density at radius 3 is 2.92 bits per heavy atom. The first-order chi connectivity index (χ1) is 12.6. The molecule has 0 radical (unpaired) electrons. The van der Waals surface area contributed by atoms with Gasteiger partial charge in [-0.15, -0.1) is 0 Å². The number of nitrogens with one attached hydrogen (secondary N) is 1. The smallest absolute Gasteiger partial charge is 0.270 e. The lowest BCUT2D eigenvalue weighted by Crippen LogP contribution is -2.44. The Morgan fingerprint density at radius 1 is 1.38 bits per heavy atom. The summed E-state index contributed by atoms with van der Waals surface area (Å²) in [7, 11) is 0. The van der Waals surface area contributed by atoms with Crippen LogP contribution in [0.5, 0.6) is 0 Å². The number of benzene rings is 1. The Labute approximate surface area is 150 Å². The third-order valence-corrected chi connectivity index (χ3v) is 5.08. The van der Waals surface area contributed by atoms with Gasteiger partial charge in [0.25, 0.3) is 11.5 Å². The van der Waals surface area contributed by atoms with Crippen molar-refractivity contribution in [3.8, 4) is 0 Å². The summed E-state index contributed by atoms with van der Waals surface area (Å²) in [4.78, 5) is 29.5. The van der Waals surface area contributed by atoms with Crippen LogP contribution in [-0.2, 0) is 23.4 Å². The summed E-state index contributed by atoms with van der Waals surface area (Å²) in [6, 6.07) is 10.8. The summed E-state index contributed by atoms with van der Waals surface area (Å²) in [5.74, 6) is 0.0614. The highest BCUT2D eigenvalue weighted by atomic mass is 16.5. The van der Waals surface area contributed by atoms with Crippen LogP contribution in [0.4, 0.5) is 0 Å². The molecule has 7 heteroatoms. The number of carbonyl (C=O) groups excluding carboxylic acids is 1. The zero-order chi connectivity index (χ0) is 18.1. The van der Waals surface area contributed by atoms with Crippen LogP contribution in [0.3, 0.4) is 0 Å². The van der Waals surface area contributed by atoms with Gasteiger partial charge in [0.1, 0.15) is 17.1 Å². The number of rotatable bonds is 3. The molecule has 1 aliphatic carbocycles. The van der Waals surface area contributed by atoms with Crippen molar-refractivity contribution < 1.29 is 14.6 Å². The van der Waals surface area contributed by atoms with E-state index in [1.165, 1.54) is 6.07 Å². The lowest BCUT2D eigenvalue weighted by Gasteiger charge is -2.35. The van der Waals surface area contributed by atoms with Crippen molar-refractivity contribution in [3.63, 3.8) is 0 Å². The molecule has 0 saturated heterocycles. The number of ether oxygens (including phenoxy) is 1. The molecule has 0 bridgehead atoms. The monoisotopic (exact) mass is 355 g/mol. The van der Waals surface area contributed by atoms with E-state index in [9.17, 15) is 14.7 Å². The predicted molar refractivity (Wildman–Crippen MR) is 93.6 cm³/mol. The minimum atomic E-state index is -0.771. The van der Waals surface area contributed by atoms with Crippen LogP contribution in [0.1, 0.15) is 41.1 Å². The van der Waals surface area contributed by atoms with Crippen LogP contribution in [0.2, 0.25) is 0 Å². The van der Waals surface area contributed by atoms with E-state index in [0.29, 0.717) is 44.8 Å². The maximum atomic E-state index is 12.5. The first kappa shape index (κ1) is 16.9. The second kappa shape index (κ2) is 6.66. The normalized spacial score (nSPS) is 24.4. The van der Waals surface area contributed by atoms with E-state index < -0.39 is 17.6 Å². The largest absolute Gasteiger partial charge is 0.393 e. The van der Waals surface area contributed by atoms with Crippen LogP contribution in [0.25, 0.3) is 0 Å². The van der Waals surface area contributed by atoms with Gasteiger partial charge in [-0.3, -0.25) is 14.2 Å². The van der Waals surface area contributed by atoms with Crippen LogP contribution in [-0.4, -0.2) is 33.3 Å². The molecule has 2 heterocycles. The third-order valence-electron chi connectivity index (χ3n) is 5.08. The maximum absolute atomic E-state index is 12.5. The van der Waals surface area contributed by atoms with Crippen LogP contribution < -0.4 is 10.9 Å². The van der Waals surface area contributed by atoms with E-state index >= 15 is 0 Å². The van der Waals surface area contributed by atoms with Gasteiger partial charge < -0.3 is 15.2 Å². The Kier molecular flexibility index (Phi) is 4.34. The van der Waals surface area contributed by atoms with Gasteiger partial charge in [0, 0.05) is 19.0 Å². The van der Waals surface area contributed by atoms with Crippen molar-refractivity contribution in [1.82, 2.24) is 14.9 Å². The van der Waals surface area contributed by atoms with Crippen LogP contribution >= 0.6 is 0 Å². The van der Waals surface area contributed by atoms with Gasteiger partial charge >= 0.3 is 0 Å². The topological polar surface area (TPSA) is 93.5 Å². The van der Waals surface area contributed by atoms with E-state index in [1.807, 2.05) is 30.3 Å². The van der Waals surface area contributed by atoms with E-state index in [2.05, 4.69) is 10.3 Å². The number of aliphatic hydroxyl groups excluding tert-OH is 1. The maximum Gasteiger partial charge on any atom is 0.270 e. The van der Waals surface area contributed by atoms with Gasteiger partial charge in [-0.05, 0) is 18.4 Å². The summed E-state index contributed by atoms with van der Waals surface area (Å²) in [5, 5.41) is 12.8. The number of amides is 1. The van der Waals surface area contributed by atoms with E-state index in [0.717, 1.165) is 5.56 Å². The zero-order valence-corrected chi connectivity index (χ0v) is 14.4. The minimum absolute atomic E-state index is 0.0865. The molecule has 1 aliphatic heterocycles. The van der Waals surface area contributed by atoms with Crippen LogP contribution in [0, 0.1) is 0 Å². The summed E-state index contributed by atoms with van der Waals surface area (Å²) >= 11 is 0. The molecule has 1 amide bonds. The predicted octanol–water partition coefficient (Wildman–Crippen LogP) is 0.944. The molecule has 2 atom stereocenters. The van der Waals surface area contributed by atoms with E-state index in [1.54, 1.807) is 4.57 Å². The van der Waals surface area contributed by atoms with Gasteiger partial charge in [0.2, 0.25) is 0 Å². The quantitative estimate of drug-likeness (QED) is 0.855. The number of hydrogen-bond acceptors (Lipinski definition) is 5. The first-order valence-electron chi connectivity index (χ1n) is 8.84. The number of aliphatic hydroxyl groups is 1. The van der Waals surface area contributed by atoms with E-state index in [-0.39, 0.29) is 11.3 Å². The second-order valence-corrected chi connectivity index (χ2v) is 6.86. The number of fused-ring (bicyclic) bond motifs is 2. The van der Waals surface area contributed by atoms with Gasteiger partial charge in [-0.2, -0.15) is 0 Å². The highest BCUT2D eigenvalue weighted by Gasteiger charge is 2.46. The number of nitrogens with zero attached hydrogens (tertiary/aromatic N) is 2. The fourth-order valence-corrected chi connectivity index (χ4v) is 3.77. The molecule has 1 spiro atoms. The van der Waals surface area contributed by atoms with Gasteiger partial charge in [-0.25, -0.2) is 4.98 Å². The Hall–Kier alpha value is -2.51. The Morgan fingerprint density at radius 2 is 2.19 bits per heavy atom. The molecule has 1 aromatic carbocycles. The van der Waals surface area contributed by atoms with Crippen molar-refractivity contribution in [1.29, 1.82) is 0 Å². The lowest BCUT2D eigenvalue weighted by atomic mass is 9.98. The number of hydrogen-bond donors (Lipinski definition) is 2. The highest BCUT2D eigenvalue weighted by molar-refractivity contribution is 5.92. The van der Waals surface area contributed by atoms with Crippen LogP contribution in [0.15, 0.2) is 41.2 Å². The summed E-state index contributed by atoms with van der Waals surface area (Å²) in [6.45, 7) is 1.17. The zero-order valence-electron chi connectivity index (χ0n) is 14.4. The highest BCUT2D eigenvalue weighted by Crippen LogP contribution is 2.42. The molecule has 2 aliphatic rings. The van der Waals surface area contributed by atoms with Gasteiger partial charge in [-0.1, -0.05) is 30.3 Å². The molecule has 26 heavy (non-hydrogen) atoms. The number of aromatic nitrogens is 2. The van der Waals surface area contributed by atoms with Crippen molar-refractivity contribution in [2.75, 3.05) is 6.61 Å². The SMILES string of the molecule is O=C(NCc1ccccc1)c1cc(=O)n2c(n1)C1(CCC(O)C1)OCC2. The fourth-order valence-electron chi connectivity index (χ4n) is 3.77. The van der Waals surface area contributed by atoms with Gasteiger partial charge in [0.05, 0.1) is 19.3 Å². The molecule has 2 unspecified atom stereocenters. The molecular weight excluding hydrogens is 334 g/mol. The average Bonchev–Trinajstić information content (AvgIpc) is 3.02. The third kappa shape index (κ3) is 3.04.